The first kappa shape index (κ1) is 29.0. The molecule has 3 atom stereocenters. The van der Waals surface area contributed by atoms with Crippen molar-refractivity contribution in [2.75, 3.05) is 0 Å². The second kappa shape index (κ2) is 10.7. The number of allylic oxidation sites excluding steroid dienone is 2. The summed E-state index contributed by atoms with van der Waals surface area (Å²) in [5, 5.41) is 0. The third kappa shape index (κ3) is 4.68. The molecule has 9 rings (SSSR count). The molecule has 0 N–H and O–H groups in total. The minimum atomic E-state index is -0.666. The molecular weight excluding hydrogens is 655 g/mol. The molecule has 9 heteroatoms. The van der Waals surface area contributed by atoms with E-state index < -0.39 is 23.9 Å². The molecule has 2 aliphatic heterocycles. The Labute approximate surface area is 282 Å². The summed E-state index contributed by atoms with van der Waals surface area (Å²) in [6.45, 7) is 0. The second-order valence-corrected chi connectivity index (χ2v) is 13.7. The van der Waals surface area contributed by atoms with Gasteiger partial charge >= 0.3 is 212 Å². The van der Waals surface area contributed by atoms with E-state index in [2.05, 4.69) is 32.2 Å². The van der Waals surface area contributed by atoms with Gasteiger partial charge in [0, 0.05) is 0 Å². The van der Waals surface area contributed by atoms with E-state index in [4.69, 9.17) is 14.2 Å². The van der Waals surface area contributed by atoms with Crippen LogP contribution in [0.2, 0.25) is 0 Å². The van der Waals surface area contributed by atoms with Crippen LogP contribution in [0.5, 0.6) is 17.2 Å². The minimum absolute atomic E-state index is 0.0853. The van der Waals surface area contributed by atoms with Crippen molar-refractivity contribution in [3.63, 3.8) is 0 Å². The number of carbonyl (C=O) groups excluding carboxylic acids is 4. The third-order valence-electron chi connectivity index (χ3n) is 10.4. The number of benzene rings is 4. The number of rotatable bonds is 7. The van der Waals surface area contributed by atoms with Crippen LogP contribution in [0, 0.1) is 11.8 Å². The van der Waals surface area contributed by atoms with Gasteiger partial charge in [-0.15, -0.1) is 0 Å². The fourth-order valence-electron chi connectivity index (χ4n) is 8.30. The van der Waals surface area contributed by atoms with Gasteiger partial charge in [-0.2, -0.15) is 0 Å². The van der Waals surface area contributed by atoms with Crippen LogP contribution in [-0.4, -0.2) is 28.5 Å². The first-order valence-electron chi connectivity index (χ1n) is 15.8. The van der Waals surface area contributed by atoms with Crippen molar-refractivity contribution in [3.8, 4) is 17.2 Å². The molecule has 4 aromatic carbocycles. The van der Waals surface area contributed by atoms with Gasteiger partial charge in [0.15, 0.2) is 0 Å². The Kier molecular flexibility index (Phi) is 6.47. The molecule has 8 nitrogen and oxygen atoms in total. The van der Waals surface area contributed by atoms with Crippen LogP contribution in [0.4, 0.5) is 0 Å². The normalized spacial score (nSPS) is 22.8. The van der Waals surface area contributed by atoms with Gasteiger partial charge in [0.05, 0.1) is 5.56 Å². The number of hydrogen-bond donors (Lipinski definition) is 0. The molecule has 239 valence electrons. The average molecular weight is 682 g/mol. The van der Waals surface area contributed by atoms with Crippen molar-refractivity contribution in [2.45, 2.75) is 37.5 Å². The molecule has 2 heterocycles. The Morgan fingerprint density at radius 2 is 1.42 bits per heavy atom. The summed E-state index contributed by atoms with van der Waals surface area (Å²) in [4.78, 5) is 48.1. The van der Waals surface area contributed by atoms with E-state index in [1.54, 1.807) is 35.9 Å². The molecule has 2 fully saturated rings. The number of cyclic esters (lactones) is 2. The van der Waals surface area contributed by atoms with Gasteiger partial charge in [0.2, 0.25) is 0 Å². The first-order chi connectivity index (χ1) is 23.2. The third-order valence-corrected chi connectivity index (χ3v) is 10.8. The van der Waals surface area contributed by atoms with Gasteiger partial charge in [0.25, 0.3) is 0 Å². The summed E-state index contributed by atoms with van der Waals surface area (Å²) < 4.78 is 21.6. The molecule has 2 saturated carbocycles. The van der Waals surface area contributed by atoms with E-state index in [0.29, 0.717) is 50.4 Å². The van der Waals surface area contributed by atoms with Crippen molar-refractivity contribution >= 4 is 34.1 Å². The van der Waals surface area contributed by atoms with Crippen molar-refractivity contribution in [2.24, 2.45) is 11.8 Å². The van der Waals surface area contributed by atoms with E-state index in [1.165, 1.54) is 29.2 Å². The summed E-state index contributed by atoms with van der Waals surface area (Å²) in [7, 11) is 0. The van der Waals surface area contributed by atoms with Gasteiger partial charge in [-0.05, 0) is 30.3 Å². The van der Waals surface area contributed by atoms with Gasteiger partial charge in [-0.3, -0.25) is 0 Å². The van der Waals surface area contributed by atoms with Crippen LogP contribution < -0.4 is 14.2 Å². The van der Waals surface area contributed by atoms with Crippen molar-refractivity contribution in [3.05, 3.63) is 129 Å². The molecular formula is C39H26CoO8. The molecule has 0 aromatic heterocycles. The van der Waals surface area contributed by atoms with Crippen LogP contribution in [-0.2, 0) is 25.5 Å². The Hall–Kier alpha value is -5.12. The van der Waals surface area contributed by atoms with Gasteiger partial charge < -0.3 is 9.47 Å². The van der Waals surface area contributed by atoms with Crippen molar-refractivity contribution in [1.82, 2.24) is 0 Å². The summed E-state index contributed by atoms with van der Waals surface area (Å²) in [6, 6.07) is 25.5. The van der Waals surface area contributed by atoms with Gasteiger partial charge in [0.1, 0.15) is 17.1 Å². The standard InChI is InChI=1S/C39H26O8.Co/c40-35(24-4-12-34-32(16-24)38(43)46-34)45-28-7-2-23(3-8-28)30-15-22-13-25-18-39(17-22,19-33(25)30)26-5-9-27(10-6-26)44-20-21-1-11-29-31(14-21)37(42)47-36(29)41;/h1-12,14,16,22,25H,13,15,17-19H2;. The topological polar surface area (TPSA) is 105 Å². The molecule has 5 aliphatic rings. The second-order valence-electron chi connectivity index (χ2n) is 13.2. The Balaban J connectivity index is 0.900. The van der Waals surface area contributed by atoms with E-state index in [9.17, 15) is 19.2 Å². The van der Waals surface area contributed by atoms with Crippen molar-refractivity contribution < 1.29 is 53.4 Å². The van der Waals surface area contributed by atoms with Crippen LogP contribution >= 0.6 is 0 Å². The Morgan fingerprint density at radius 3 is 2.21 bits per heavy atom. The van der Waals surface area contributed by atoms with E-state index in [1.807, 2.05) is 36.4 Å². The maximum absolute atomic E-state index is 12.7. The molecule has 3 aliphatic carbocycles. The molecule has 4 aromatic rings. The zero-order chi connectivity index (χ0) is 32.7. The van der Waals surface area contributed by atoms with E-state index >= 15 is 0 Å². The smallest absolute Gasteiger partial charge is 0.422 e. The monoisotopic (exact) mass is 681 g/mol. The predicted octanol–water partition coefficient (Wildman–Crippen LogP) is 6.77. The molecule has 0 saturated heterocycles. The summed E-state index contributed by atoms with van der Waals surface area (Å²) in [5.74, 6) is 0.448. The van der Waals surface area contributed by atoms with E-state index in [0.717, 1.165) is 25.7 Å². The predicted molar refractivity (Wildman–Crippen MR) is 169 cm³/mol. The number of fused-ring (bicyclic) bond motifs is 4. The first-order valence-corrected chi connectivity index (χ1v) is 16.4. The fourth-order valence-corrected chi connectivity index (χ4v) is 8.59. The average Bonchev–Trinajstić information content (AvgIpc) is 3.48. The van der Waals surface area contributed by atoms with Crippen LogP contribution in [0.25, 0.3) is 5.57 Å². The van der Waals surface area contributed by atoms with Crippen LogP contribution in [0.1, 0.15) is 90.2 Å². The quantitative estimate of drug-likeness (QED) is 0.120. The Bertz CT molecular complexity index is 2160. The zero-order valence-electron chi connectivity index (χ0n) is 25.4. The molecule has 0 amide bonds. The zero-order valence-corrected chi connectivity index (χ0v) is 26.4. The number of ether oxygens (including phenoxy) is 4. The number of carbonyl (C=O) groups is 4. The molecule has 48 heavy (non-hydrogen) atoms. The fraction of sp³-hybridized carbons (Fsp3) is 0.205. The summed E-state index contributed by atoms with van der Waals surface area (Å²) >= 11 is 4.59. The van der Waals surface area contributed by atoms with Crippen LogP contribution in [0.3, 0.4) is 0 Å². The van der Waals surface area contributed by atoms with Gasteiger partial charge in [-0.1, -0.05) is 0 Å². The molecule has 0 radical (unpaired) electrons. The maximum atomic E-state index is 12.7. The van der Waals surface area contributed by atoms with E-state index in [-0.39, 0.29) is 16.5 Å². The molecule has 3 unspecified atom stereocenters. The van der Waals surface area contributed by atoms with Crippen molar-refractivity contribution in [1.29, 1.82) is 0 Å². The summed E-state index contributed by atoms with van der Waals surface area (Å²) in [6.07, 6.45) is 5.54. The minimum Gasteiger partial charge on any atom is -0.422 e. The summed E-state index contributed by atoms with van der Waals surface area (Å²) in [5.41, 5.74) is 7.26. The number of esters is 4. The molecule has 3 bridgehead atoms. The number of hydrogen-bond acceptors (Lipinski definition) is 8. The SMILES string of the molecule is O=C(Oc1ccc(C2=C3CC4(c5ccc(O[C](=[Co])c6ccc7c(c6)C(=O)OC7=O)cc5)CC(C2)CC3C4)cc1)c1ccc2c(c1)C(=O)O2. The van der Waals surface area contributed by atoms with Gasteiger partial charge in [-0.25, -0.2) is 9.59 Å². The molecule has 0 spiro atoms. The van der Waals surface area contributed by atoms with Crippen LogP contribution in [0.15, 0.2) is 90.5 Å². The Morgan fingerprint density at radius 1 is 0.729 bits per heavy atom.